The minimum absolute atomic E-state index is 0.956. The topological polar surface area (TPSA) is 22.8 Å². The summed E-state index contributed by atoms with van der Waals surface area (Å²) in [4.78, 5) is 4.90. The van der Waals surface area contributed by atoms with Gasteiger partial charge in [-0.05, 0) is 82.4 Å². The molecule has 0 aliphatic heterocycles. The van der Waals surface area contributed by atoms with Crippen LogP contribution in [0, 0.1) is 0 Å². The maximum Gasteiger partial charge on any atom is 0.145 e. The Hall–Kier alpha value is -6.71. The first kappa shape index (κ1) is 28.3. The van der Waals surface area contributed by atoms with Crippen molar-refractivity contribution >= 4 is 43.7 Å². The normalized spacial score (nSPS) is 11.6. The highest BCUT2D eigenvalue weighted by Crippen LogP contribution is 2.41. The minimum atomic E-state index is 0.956. The van der Waals surface area contributed by atoms with Gasteiger partial charge in [0.1, 0.15) is 5.65 Å². The van der Waals surface area contributed by atoms with Gasteiger partial charge >= 0.3 is 0 Å². The van der Waals surface area contributed by atoms with Gasteiger partial charge in [0.25, 0.3) is 0 Å². The lowest BCUT2D eigenvalue weighted by atomic mass is 10.00. The predicted octanol–water partition coefficient (Wildman–Crippen LogP) is 12.3. The van der Waals surface area contributed by atoms with E-state index in [0.29, 0.717) is 0 Å². The lowest BCUT2D eigenvalue weighted by Gasteiger charge is -2.13. The van der Waals surface area contributed by atoms with Crippen LogP contribution >= 0.6 is 0 Å². The largest absolute Gasteiger partial charge is 0.309 e. The van der Waals surface area contributed by atoms with Crippen molar-refractivity contribution in [1.82, 2.24) is 14.1 Å². The van der Waals surface area contributed by atoms with E-state index in [1.165, 1.54) is 60.6 Å². The third-order valence-corrected chi connectivity index (χ3v) is 10.00. The summed E-state index contributed by atoms with van der Waals surface area (Å²) in [6, 6.07) is 65.4. The zero-order valence-corrected chi connectivity index (χ0v) is 27.2. The van der Waals surface area contributed by atoms with Crippen LogP contribution in [-0.2, 0) is 0 Å². The molecule has 3 heteroatoms. The fourth-order valence-electron chi connectivity index (χ4n) is 7.66. The van der Waals surface area contributed by atoms with E-state index >= 15 is 0 Å². The van der Waals surface area contributed by atoms with E-state index in [2.05, 4.69) is 185 Å². The minimum Gasteiger partial charge on any atom is -0.309 e. The van der Waals surface area contributed by atoms with E-state index in [0.717, 1.165) is 27.9 Å². The van der Waals surface area contributed by atoms with Gasteiger partial charge in [0.15, 0.2) is 0 Å². The van der Waals surface area contributed by atoms with Crippen LogP contribution in [0.15, 0.2) is 188 Å². The number of hydrogen-bond acceptors (Lipinski definition) is 1. The molecule has 3 aromatic heterocycles. The average Bonchev–Trinajstić information content (AvgIpc) is 3.71. The second-order valence-corrected chi connectivity index (χ2v) is 12.8. The summed E-state index contributed by atoms with van der Waals surface area (Å²) in [5.74, 6) is 0. The molecule has 0 fully saturated rings. The first-order chi connectivity index (χ1) is 24.8. The van der Waals surface area contributed by atoms with Crippen LogP contribution in [0.3, 0.4) is 0 Å². The Labute approximate surface area is 290 Å². The van der Waals surface area contributed by atoms with E-state index in [4.69, 9.17) is 4.98 Å². The predicted molar refractivity (Wildman–Crippen MR) is 209 cm³/mol. The molecular formula is C47H31N3. The molecule has 0 N–H and O–H groups in total. The van der Waals surface area contributed by atoms with Crippen LogP contribution < -0.4 is 0 Å². The van der Waals surface area contributed by atoms with Crippen molar-refractivity contribution in [1.29, 1.82) is 0 Å². The highest BCUT2D eigenvalue weighted by molar-refractivity contribution is 6.15. The van der Waals surface area contributed by atoms with Gasteiger partial charge < -0.3 is 4.57 Å². The molecule has 50 heavy (non-hydrogen) atoms. The van der Waals surface area contributed by atoms with Gasteiger partial charge in [-0.2, -0.15) is 0 Å². The zero-order valence-electron chi connectivity index (χ0n) is 27.2. The number of para-hydroxylation sites is 2. The maximum atomic E-state index is 4.90. The van der Waals surface area contributed by atoms with Crippen molar-refractivity contribution in [2.45, 2.75) is 0 Å². The van der Waals surface area contributed by atoms with Crippen molar-refractivity contribution in [3.05, 3.63) is 188 Å². The number of aromatic nitrogens is 3. The molecule has 0 aliphatic rings. The summed E-state index contributed by atoms with van der Waals surface area (Å²) in [7, 11) is 0. The molecule has 0 aliphatic carbocycles. The number of pyridine rings is 1. The van der Waals surface area contributed by atoms with Crippen LogP contribution in [0.5, 0.6) is 0 Å². The number of fused-ring (bicyclic) bond motifs is 6. The Bertz CT molecular complexity index is 2830. The zero-order chi connectivity index (χ0) is 33.0. The molecule has 0 atom stereocenters. The summed E-state index contributed by atoms with van der Waals surface area (Å²) >= 11 is 0. The molecular weight excluding hydrogens is 607 g/mol. The second-order valence-electron chi connectivity index (χ2n) is 12.8. The fourth-order valence-corrected chi connectivity index (χ4v) is 7.66. The third-order valence-electron chi connectivity index (χ3n) is 10.00. The molecule has 10 aromatic rings. The highest BCUT2D eigenvalue weighted by Gasteiger charge is 2.19. The Morgan fingerprint density at radius 3 is 1.58 bits per heavy atom. The van der Waals surface area contributed by atoms with Gasteiger partial charge in [0.2, 0.25) is 0 Å². The lowest BCUT2D eigenvalue weighted by Crippen LogP contribution is -1.96. The molecule has 0 radical (unpaired) electrons. The Balaban J connectivity index is 1.16. The molecule has 0 amide bonds. The summed E-state index contributed by atoms with van der Waals surface area (Å²) in [5.41, 5.74) is 13.9. The van der Waals surface area contributed by atoms with Gasteiger partial charge in [0, 0.05) is 44.7 Å². The first-order valence-corrected chi connectivity index (χ1v) is 17.1. The number of rotatable bonds is 5. The summed E-state index contributed by atoms with van der Waals surface area (Å²) in [5, 5.41) is 4.82. The highest BCUT2D eigenvalue weighted by atomic mass is 15.0. The van der Waals surface area contributed by atoms with Crippen LogP contribution in [0.25, 0.3) is 88.5 Å². The molecule has 0 spiro atoms. The SMILES string of the molecule is c1ccc(-c2ccc(-n3c4ccc(-c5cccc6c7ccccc7n(-c7ccc(-c8ccccc8)cc7)c56)cc4c4cccnc43)cc2)cc1. The molecule has 10 rings (SSSR count). The van der Waals surface area contributed by atoms with Gasteiger partial charge in [0.05, 0.1) is 16.6 Å². The van der Waals surface area contributed by atoms with Crippen LogP contribution in [0.2, 0.25) is 0 Å². The molecule has 3 heterocycles. The Morgan fingerprint density at radius 2 is 0.880 bits per heavy atom. The van der Waals surface area contributed by atoms with Crippen molar-refractivity contribution in [2.75, 3.05) is 0 Å². The fraction of sp³-hybridized carbons (Fsp3) is 0. The Morgan fingerprint density at radius 1 is 0.340 bits per heavy atom. The lowest BCUT2D eigenvalue weighted by molar-refractivity contribution is 1.14. The molecule has 3 nitrogen and oxygen atoms in total. The molecule has 0 unspecified atom stereocenters. The van der Waals surface area contributed by atoms with Crippen LogP contribution in [0.4, 0.5) is 0 Å². The number of nitrogens with zero attached hydrogens (tertiary/aromatic N) is 3. The third kappa shape index (κ3) is 4.48. The number of benzene rings is 7. The molecule has 0 saturated heterocycles. The molecule has 0 saturated carbocycles. The van der Waals surface area contributed by atoms with Gasteiger partial charge in [-0.15, -0.1) is 0 Å². The van der Waals surface area contributed by atoms with E-state index in [9.17, 15) is 0 Å². The number of hydrogen-bond donors (Lipinski definition) is 0. The van der Waals surface area contributed by atoms with E-state index in [1.807, 2.05) is 12.3 Å². The maximum absolute atomic E-state index is 4.90. The molecule has 0 bridgehead atoms. The molecule has 234 valence electrons. The van der Waals surface area contributed by atoms with Gasteiger partial charge in [-0.1, -0.05) is 127 Å². The summed E-state index contributed by atoms with van der Waals surface area (Å²) < 4.78 is 4.72. The average molecular weight is 638 g/mol. The quantitative estimate of drug-likeness (QED) is 0.184. The standard InChI is InChI=1S/C47H31N3/c1-3-11-32(12-4-1)34-20-25-37(26-21-34)49-44-19-8-7-15-40(44)41-17-9-16-39(46(41)49)36-24-29-45-43(31-36)42-18-10-30-48-47(42)50(45)38-27-22-35(23-28-38)33-13-5-2-6-14-33/h1-31H. The van der Waals surface area contributed by atoms with E-state index < -0.39 is 0 Å². The molecule has 7 aromatic carbocycles. The van der Waals surface area contributed by atoms with Crippen molar-refractivity contribution in [2.24, 2.45) is 0 Å². The van der Waals surface area contributed by atoms with Crippen molar-refractivity contribution in [3.8, 4) is 44.8 Å². The van der Waals surface area contributed by atoms with Crippen LogP contribution in [0.1, 0.15) is 0 Å². The second kappa shape index (κ2) is 11.5. The van der Waals surface area contributed by atoms with Crippen molar-refractivity contribution in [3.63, 3.8) is 0 Å². The smallest absolute Gasteiger partial charge is 0.145 e. The van der Waals surface area contributed by atoms with E-state index in [-0.39, 0.29) is 0 Å². The van der Waals surface area contributed by atoms with Crippen LogP contribution in [-0.4, -0.2) is 14.1 Å². The van der Waals surface area contributed by atoms with Gasteiger partial charge in [-0.3, -0.25) is 4.57 Å². The Kier molecular flexibility index (Phi) is 6.49. The van der Waals surface area contributed by atoms with E-state index in [1.54, 1.807) is 0 Å². The summed E-state index contributed by atoms with van der Waals surface area (Å²) in [6.07, 6.45) is 1.89. The first-order valence-electron chi connectivity index (χ1n) is 17.1. The van der Waals surface area contributed by atoms with Crippen molar-refractivity contribution < 1.29 is 0 Å². The van der Waals surface area contributed by atoms with Gasteiger partial charge in [-0.25, -0.2) is 4.98 Å². The monoisotopic (exact) mass is 637 g/mol. The summed E-state index contributed by atoms with van der Waals surface area (Å²) in [6.45, 7) is 0.